The second kappa shape index (κ2) is 8.81. The van der Waals surface area contributed by atoms with Crippen LogP contribution < -0.4 is 21.5 Å². The Labute approximate surface area is 201 Å². The normalized spacial score (nSPS) is 14.0. The molecule has 8 nitrogen and oxygen atoms in total. The summed E-state index contributed by atoms with van der Waals surface area (Å²) in [5.74, 6) is 0. The quantitative estimate of drug-likeness (QED) is 0.310. The van der Waals surface area contributed by atoms with Gasteiger partial charge in [0.25, 0.3) is 5.56 Å². The predicted molar refractivity (Wildman–Crippen MR) is 141 cm³/mol. The van der Waals surface area contributed by atoms with E-state index in [9.17, 15) is 4.79 Å². The van der Waals surface area contributed by atoms with E-state index in [4.69, 9.17) is 10.5 Å². The van der Waals surface area contributed by atoms with Crippen molar-refractivity contribution in [2.24, 2.45) is 0 Å². The topological polar surface area (TPSA) is 112 Å². The second-order valence-corrected chi connectivity index (χ2v) is 8.73. The molecule has 0 aliphatic carbocycles. The first kappa shape index (κ1) is 21.2. The lowest BCUT2D eigenvalue weighted by Gasteiger charge is -2.28. The van der Waals surface area contributed by atoms with Gasteiger partial charge in [-0.15, -0.1) is 0 Å². The number of aromatic nitrogens is 3. The Morgan fingerprint density at radius 1 is 0.971 bits per heavy atom. The molecule has 0 atom stereocenters. The van der Waals surface area contributed by atoms with Gasteiger partial charge in [-0.2, -0.15) is 0 Å². The Balaban J connectivity index is 1.23. The van der Waals surface area contributed by atoms with E-state index in [1.807, 2.05) is 30.3 Å². The number of benzene rings is 3. The average Bonchev–Trinajstić information content (AvgIpc) is 3.23. The molecule has 8 heteroatoms. The third-order valence-corrected chi connectivity index (χ3v) is 6.48. The summed E-state index contributed by atoms with van der Waals surface area (Å²) >= 11 is 0. The molecule has 1 fully saturated rings. The smallest absolute Gasteiger partial charge is 0.276 e. The zero-order chi connectivity index (χ0) is 23.8. The molecular formula is C27H26N6O2. The molecule has 6 rings (SSSR count). The number of nitrogens with one attached hydrogen (secondary N) is 3. The summed E-state index contributed by atoms with van der Waals surface area (Å²) in [5, 5.41) is 4.35. The van der Waals surface area contributed by atoms with E-state index in [1.165, 1.54) is 5.69 Å². The number of hydrogen-bond donors (Lipinski definition) is 4. The number of anilines is 3. The Kier molecular flexibility index (Phi) is 5.35. The number of nitrogens with two attached hydrogens (primary N) is 1. The standard InChI is InChI=1S/C27H26N6O2/c28-24-20-15-17(16-29-18-6-8-19(9-7-18)33-11-13-35-14-12-33)5-10-21(20)30-25(24)26-27(34)32-23-4-2-1-3-22(23)31-26/h1-10,15,29-30H,11-14,16,28H2,(H,32,34). The first-order chi connectivity index (χ1) is 17.2. The third kappa shape index (κ3) is 4.08. The number of fused-ring (bicyclic) bond motifs is 2. The van der Waals surface area contributed by atoms with E-state index >= 15 is 0 Å². The minimum absolute atomic E-state index is 0.274. The lowest BCUT2D eigenvalue weighted by atomic mass is 10.1. The highest BCUT2D eigenvalue weighted by atomic mass is 16.5. The molecule has 1 aliphatic rings. The van der Waals surface area contributed by atoms with Crippen LogP contribution in [0.4, 0.5) is 17.1 Å². The number of ether oxygens (including phenoxy) is 1. The van der Waals surface area contributed by atoms with Crippen molar-refractivity contribution in [3.05, 3.63) is 82.6 Å². The molecule has 35 heavy (non-hydrogen) atoms. The molecule has 3 aromatic carbocycles. The van der Waals surface area contributed by atoms with Crippen LogP contribution in [0, 0.1) is 0 Å². The highest BCUT2D eigenvalue weighted by Crippen LogP contribution is 2.31. The molecule has 1 saturated heterocycles. The van der Waals surface area contributed by atoms with Crippen molar-refractivity contribution in [1.82, 2.24) is 15.0 Å². The van der Waals surface area contributed by atoms with Gasteiger partial charge in [-0.05, 0) is 54.1 Å². The zero-order valence-electron chi connectivity index (χ0n) is 19.2. The maximum Gasteiger partial charge on any atom is 0.276 e. The number of rotatable bonds is 5. The molecule has 5 aromatic rings. The van der Waals surface area contributed by atoms with Crippen LogP contribution in [0.2, 0.25) is 0 Å². The van der Waals surface area contributed by atoms with Crippen molar-refractivity contribution in [3.63, 3.8) is 0 Å². The fourth-order valence-corrected chi connectivity index (χ4v) is 4.57. The minimum atomic E-state index is -0.274. The molecule has 0 bridgehead atoms. The molecule has 0 saturated carbocycles. The van der Waals surface area contributed by atoms with Gasteiger partial charge in [-0.3, -0.25) is 4.79 Å². The summed E-state index contributed by atoms with van der Waals surface area (Å²) in [7, 11) is 0. The highest BCUT2D eigenvalue weighted by Gasteiger charge is 2.16. The van der Waals surface area contributed by atoms with Gasteiger partial charge < -0.3 is 30.7 Å². The average molecular weight is 467 g/mol. The van der Waals surface area contributed by atoms with Crippen LogP contribution in [0.15, 0.2) is 71.5 Å². The van der Waals surface area contributed by atoms with Gasteiger partial charge >= 0.3 is 0 Å². The molecule has 5 N–H and O–H groups in total. The van der Waals surface area contributed by atoms with Crippen LogP contribution in [0.1, 0.15) is 5.56 Å². The zero-order valence-corrected chi connectivity index (χ0v) is 19.2. The maximum absolute atomic E-state index is 12.7. The molecule has 0 radical (unpaired) electrons. The van der Waals surface area contributed by atoms with Crippen molar-refractivity contribution in [1.29, 1.82) is 0 Å². The van der Waals surface area contributed by atoms with Gasteiger partial charge in [-0.25, -0.2) is 4.98 Å². The molecule has 176 valence electrons. The molecule has 0 amide bonds. The first-order valence-corrected chi connectivity index (χ1v) is 11.7. The van der Waals surface area contributed by atoms with Crippen molar-refractivity contribution in [2.75, 3.05) is 42.3 Å². The largest absolute Gasteiger partial charge is 0.396 e. The van der Waals surface area contributed by atoms with Crippen molar-refractivity contribution in [3.8, 4) is 11.4 Å². The Morgan fingerprint density at radius 2 is 1.77 bits per heavy atom. The summed E-state index contributed by atoms with van der Waals surface area (Å²) in [5.41, 5.74) is 13.2. The fraction of sp³-hybridized carbons (Fsp3) is 0.185. The van der Waals surface area contributed by atoms with Gasteiger partial charge in [0, 0.05) is 41.9 Å². The second-order valence-electron chi connectivity index (χ2n) is 8.73. The van der Waals surface area contributed by atoms with Crippen LogP contribution in [0.5, 0.6) is 0 Å². The summed E-state index contributed by atoms with van der Waals surface area (Å²) in [6, 6.07) is 22.0. The van der Waals surface area contributed by atoms with E-state index in [-0.39, 0.29) is 11.3 Å². The SMILES string of the molecule is Nc1c(-c2nc3ccccc3[nH]c2=O)[nH]c2ccc(CNc3ccc(N4CCOCC4)cc3)cc12. The highest BCUT2D eigenvalue weighted by molar-refractivity contribution is 6.00. The number of H-pyrrole nitrogens is 2. The summed E-state index contributed by atoms with van der Waals surface area (Å²) in [4.78, 5) is 25.8. The summed E-state index contributed by atoms with van der Waals surface area (Å²) in [6.45, 7) is 4.05. The van der Waals surface area contributed by atoms with Gasteiger partial charge in [0.1, 0.15) is 0 Å². The van der Waals surface area contributed by atoms with E-state index in [0.717, 1.165) is 48.5 Å². The van der Waals surface area contributed by atoms with E-state index in [1.54, 1.807) is 0 Å². The number of morpholine rings is 1. The van der Waals surface area contributed by atoms with Gasteiger partial charge in [0.05, 0.1) is 35.6 Å². The third-order valence-electron chi connectivity index (χ3n) is 6.48. The lowest BCUT2D eigenvalue weighted by Crippen LogP contribution is -2.36. The number of aromatic amines is 2. The van der Waals surface area contributed by atoms with Crippen molar-refractivity contribution >= 4 is 39.0 Å². The summed E-state index contributed by atoms with van der Waals surface area (Å²) in [6.07, 6.45) is 0. The van der Waals surface area contributed by atoms with Gasteiger partial charge in [-0.1, -0.05) is 18.2 Å². The molecule has 0 unspecified atom stereocenters. The number of nitrogen functional groups attached to an aromatic ring is 1. The van der Waals surface area contributed by atoms with E-state index in [0.29, 0.717) is 29.0 Å². The molecule has 3 heterocycles. The van der Waals surface area contributed by atoms with Gasteiger partial charge in [0.2, 0.25) is 0 Å². The Morgan fingerprint density at radius 3 is 2.60 bits per heavy atom. The maximum atomic E-state index is 12.7. The number of hydrogen-bond acceptors (Lipinski definition) is 6. The Hall–Kier alpha value is -4.30. The molecular weight excluding hydrogens is 440 g/mol. The fourth-order valence-electron chi connectivity index (χ4n) is 4.57. The van der Waals surface area contributed by atoms with Crippen LogP contribution in [0.3, 0.4) is 0 Å². The van der Waals surface area contributed by atoms with Crippen LogP contribution in [-0.4, -0.2) is 41.3 Å². The molecule has 2 aromatic heterocycles. The van der Waals surface area contributed by atoms with Crippen LogP contribution >= 0.6 is 0 Å². The molecule has 0 spiro atoms. The number of nitrogens with zero attached hydrogens (tertiary/aromatic N) is 2. The predicted octanol–water partition coefficient (Wildman–Crippen LogP) is 4.10. The van der Waals surface area contributed by atoms with Crippen LogP contribution in [-0.2, 0) is 11.3 Å². The number of para-hydroxylation sites is 2. The van der Waals surface area contributed by atoms with E-state index < -0.39 is 0 Å². The minimum Gasteiger partial charge on any atom is -0.396 e. The van der Waals surface area contributed by atoms with Crippen molar-refractivity contribution in [2.45, 2.75) is 6.54 Å². The van der Waals surface area contributed by atoms with Gasteiger partial charge in [0.15, 0.2) is 5.69 Å². The first-order valence-electron chi connectivity index (χ1n) is 11.7. The Bertz CT molecular complexity index is 1570. The van der Waals surface area contributed by atoms with Crippen LogP contribution in [0.25, 0.3) is 33.3 Å². The van der Waals surface area contributed by atoms with Crippen molar-refractivity contribution < 1.29 is 4.74 Å². The monoisotopic (exact) mass is 466 g/mol. The van der Waals surface area contributed by atoms with E-state index in [2.05, 4.69) is 61.6 Å². The summed E-state index contributed by atoms with van der Waals surface area (Å²) < 4.78 is 5.44. The lowest BCUT2D eigenvalue weighted by molar-refractivity contribution is 0.122. The molecule has 1 aliphatic heterocycles.